The number of carbonyl (C=O) groups excluding carboxylic acids is 2. The zero-order chi connectivity index (χ0) is 33.7. The van der Waals surface area contributed by atoms with E-state index in [4.69, 9.17) is 0 Å². The van der Waals surface area contributed by atoms with Gasteiger partial charge >= 0.3 is 0 Å². The molecular formula is C34H36N6O7. The third-order valence-corrected chi connectivity index (χ3v) is 8.28. The van der Waals surface area contributed by atoms with Crippen molar-refractivity contribution in [2.75, 3.05) is 16.8 Å². The van der Waals surface area contributed by atoms with Gasteiger partial charge in [0.25, 0.3) is 17.5 Å². The van der Waals surface area contributed by atoms with E-state index in [0.29, 0.717) is 35.6 Å². The molecule has 0 saturated heterocycles. The smallest absolute Gasteiger partial charge is 0.269 e. The van der Waals surface area contributed by atoms with Gasteiger partial charge in [-0.1, -0.05) is 66.8 Å². The fraction of sp³-hybridized carbons (Fsp3) is 0.294. The first-order chi connectivity index (χ1) is 22.5. The average Bonchev–Trinajstić information content (AvgIpc) is 3.61. The highest BCUT2D eigenvalue weighted by atomic mass is 16.6. The number of hydrogen-bond acceptors (Lipinski definition) is 9. The number of fused-ring (bicyclic) bond motifs is 1. The Kier molecular flexibility index (Phi) is 9.89. The first-order valence-corrected chi connectivity index (χ1v) is 15.2. The lowest BCUT2D eigenvalue weighted by molar-refractivity contribution is -0.385. The van der Waals surface area contributed by atoms with Crippen molar-refractivity contribution in [3.8, 4) is 0 Å². The lowest BCUT2D eigenvalue weighted by Crippen LogP contribution is -2.44. The maximum Gasteiger partial charge on any atom is 0.269 e. The second-order valence-corrected chi connectivity index (χ2v) is 11.5. The Labute approximate surface area is 270 Å². The van der Waals surface area contributed by atoms with Crippen molar-refractivity contribution in [3.05, 3.63) is 124 Å². The number of carbonyl (C=O) groups is 2. The lowest BCUT2D eigenvalue weighted by atomic mass is 9.82. The molecule has 0 bridgehead atoms. The van der Waals surface area contributed by atoms with Crippen LogP contribution in [0.1, 0.15) is 48.6 Å². The molecular weight excluding hydrogens is 604 g/mol. The van der Waals surface area contributed by atoms with Crippen LogP contribution in [0.3, 0.4) is 0 Å². The summed E-state index contributed by atoms with van der Waals surface area (Å²) >= 11 is 0. The molecule has 47 heavy (non-hydrogen) atoms. The summed E-state index contributed by atoms with van der Waals surface area (Å²) in [7, 11) is 0. The third kappa shape index (κ3) is 6.97. The van der Waals surface area contributed by atoms with Crippen molar-refractivity contribution in [1.82, 2.24) is 15.0 Å². The Morgan fingerprint density at radius 2 is 1.87 bits per heavy atom. The first kappa shape index (κ1) is 33.1. The third-order valence-electron chi connectivity index (χ3n) is 8.28. The van der Waals surface area contributed by atoms with Gasteiger partial charge in [-0.3, -0.25) is 24.4 Å². The number of allylic oxidation sites excluding steroid dienone is 1. The van der Waals surface area contributed by atoms with E-state index < -0.39 is 34.4 Å². The number of non-ortho nitro benzene ring substituents is 1. The van der Waals surface area contributed by atoms with E-state index >= 15 is 0 Å². The maximum atomic E-state index is 14.0. The second-order valence-electron chi connectivity index (χ2n) is 11.5. The van der Waals surface area contributed by atoms with E-state index in [1.54, 1.807) is 48.1 Å². The van der Waals surface area contributed by atoms with Crippen LogP contribution in [0.15, 0.2) is 91.1 Å². The number of aliphatic hydroxyl groups is 3. The number of benzene rings is 3. The van der Waals surface area contributed by atoms with E-state index in [0.717, 1.165) is 5.56 Å². The lowest BCUT2D eigenvalue weighted by Gasteiger charge is -2.27. The second kappa shape index (κ2) is 14.0. The fourth-order valence-electron chi connectivity index (χ4n) is 5.67. The summed E-state index contributed by atoms with van der Waals surface area (Å²) < 4.78 is 1.66. The summed E-state index contributed by atoms with van der Waals surface area (Å²) in [6.45, 7) is 3.37. The topological polar surface area (TPSA) is 184 Å². The van der Waals surface area contributed by atoms with E-state index in [2.05, 4.69) is 15.6 Å². The molecule has 0 saturated carbocycles. The molecule has 0 radical (unpaired) electrons. The van der Waals surface area contributed by atoms with Crippen LogP contribution in [0.2, 0.25) is 0 Å². The van der Waals surface area contributed by atoms with Gasteiger partial charge < -0.3 is 25.5 Å². The highest BCUT2D eigenvalue weighted by molar-refractivity contribution is 6.07. The molecule has 0 spiro atoms. The molecule has 1 aliphatic rings. The van der Waals surface area contributed by atoms with E-state index in [9.17, 15) is 35.0 Å². The molecule has 4 N–H and O–H groups in total. The number of nitrogens with one attached hydrogen (secondary N) is 1. The minimum absolute atomic E-state index is 0.0211. The molecule has 1 aliphatic heterocycles. The van der Waals surface area contributed by atoms with Gasteiger partial charge in [0.15, 0.2) is 5.60 Å². The molecule has 2 amide bonds. The van der Waals surface area contributed by atoms with E-state index in [-0.39, 0.29) is 30.3 Å². The van der Waals surface area contributed by atoms with Crippen LogP contribution in [0, 0.1) is 16.0 Å². The predicted octanol–water partition coefficient (Wildman–Crippen LogP) is 3.65. The monoisotopic (exact) mass is 640 g/mol. The Balaban J connectivity index is 1.33. The summed E-state index contributed by atoms with van der Waals surface area (Å²) in [5.41, 5.74) is 0.739. The van der Waals surface area contributed by atoms with Gasteiger partial charge in [0.1, 0.15) is 6.10 Å². The Bertz CT molecular complexity index is 1790. The number of nitrogens with zero attached hydrogens (tertiary/aromatic N) is 5. The minimum Gasteiger partial charge on any atom is -0.395 e. The summed E-state index contributed by atoms with van der Waals surface area (Å²) in [5, 5.41) is 54.1. The largest absolute Gasteiger partial charge is 0.395 e. The Morgan fingerprint density at radius 3 is 2.57 bits per heavy atom. The first-order valence-electron chi connectivity index (χ1n) is 15.2. The molecule has 4 aromatic rings. The van der Waals surface area contributed by atoms with Crippen LogP contribution in [0.4, 0.5) is 17.1 Å². The number of aryl methyl sites for hydroxylation is 1. The Hall–Kier alpha value is -5.24. The van der Waals surface area contributed by atoms with Crippen LogP contribution in [0.5, 0.6) is 0 Å². The van der Waals surface area contributed by atoms with Crippen molar-refractivity contribution in [3.63, 3.8) is 0 Å². The maximum absolute atomic E-state index is 14.0. The number of rotatable bonds is 13. The van der Waals surface area contributed by atoms with Gasteiger partial charge in [0.2, 0.25) is 0 Å². The number of anilines is 2. The van der Waals surface area contributed by atoms with Gasteiger partial charge in [-0.25, -0.2) is 0 Å². The van der Waals surface area contributed by atoms with E-state index in [1.807, 2.05) is 36.4 Å². The molecule has 2 heterocycles. The molecule has 244 valence electrons. The summed E-state index contributed by atoms with van der Waals surface area (Å²) in [6.07, 6.45) is 4.57. The predicted molar refractivity (Wildman–Crippen MR) is 173 cm³/mol. The van der Waals surface area contributed by atoms with Gasteiger partial charge in [-0.15, -0.1) is 5.10 Å². The quantitative estimate of drug-likeness (QED) is 0.0962. The van der Waals surface area contributed by atoms with Crippen molar-refractivity contribution in [1.29, 1.82) is 0 Å². The number of amides is 2. The standard InChI is InChI=1S/C34H36N6O7/c1-22(9-6-7-16-38-20-30(36-37-38)28(21-41)25-11-4-3-5-12-25)34(45)29-18-27(40(46)47)14-15-31(29)39(33(34)44)19-24-10-8-13-26(17-24)35-32(43)23(2)42/h3-6,8-15,17-18,20,22-23,28,41-42,45H,7,16,19,21H2,1-2H3,(H,35,43)/b9-6+/t22-,23-,28?,34+/m0/s1. The molecule has 13 nitrogen and oxygen atoms in total. The van der Waals surface area contributed by atoms with Gasteiger partial charge in [0.05, 0.1) is 35.4 Å². The fourth-order valence-corrected chi connectivity index (χ4v) is 5.67. The van der Waals surface area contributed by atoms with Crippen LogP contribution in [0.25, 0.3) is 0 Å². The number of nitro benzene ring substituents is 1. The van der Waals surface area contributed by atoms with Crippen molar-refractivity contribution >= 4 is 28.9 Å². The normalized spacial score (nSPS) is 17.8. The zero-order valence-electron chi connectivity index (χ0n) is 25.9. The molecule has 0 fully saturated rings. The van der Waals surface area contributed by atoms with Crippen molar-refractivity contribution in [2.45, 2.75) is 51.0 Å². The van der Waals surface area contributed by atoms with Crippen LogP contribution in [-0.2, 0) is 28.3 Å². The summed E-state index contributed by atoms with van der Waals surface area (Å²) in [5.74, 6) is -2.29. The molecule has 13 heteroatoms. The van der Waals surface area contributed by atoms with E-state index in [1.165, 1.54) is 30.0 Å². The molecule has 4 atom stereocenters. The molecule has 0 aliphatic carbocycles. The molecule has 1 unspecified atom stereocenters. The molecule has 3 aromatic carbocycles. The van der Waals surface area contributed by atoms with Crippen molar-refractivity contribution < 1.29 is 29.8 Å². The van der Waals surface area contributed by atoms with Crippen LogP contribution in [-0.4, -0.2) is 59.8 Å². The highest BCUT2D eigenvalue weighted by Gasteiger charge is 2.53. The number of nitro groups is 1. The Morgan fingerprint density at radius 1 is 1.11 bits per heavy atom. The van der Waals surface area contributed by atoms with Crippen LogP contribution >= 0.6 is 0 Å². The van der Waals surface area contributed by atoms with Gasteiger partial charge in [-0.2, -0.15) is 0 Å². The SMILES string of the molecule is C[C@H](O)C(=O)Nc1cccc(CN2C(=O)[C@@](O)([C@@H](C)/C=C/CCn3cc(C(CO)c4ccccc4)nn3)c3cc([N+](=O)[O-])ccc32)c1. The summed E-state index contributed by atoms with van der Waals surface area (Å²) in [4.78, 5) is 38.4. The number of aliphatic hydroxyl groups excluding tert-OH is 2. The van der Waals surface area contributed by atoms with Gasteiger partial charge in [0, 0.05) is 42.0 Å². The highest BCUT2D eigenvalue weighted by Crippen LogP contribution is 2.47. The number of hydrogen-bond donors (Lipinski definition) is 4. The minimum atomic E-state index is -2.08. The number of aromatic nitrogens is 3. The molecule has 5 rings (SSSR count). The van der Waals surface area contributed by atoms with Crippen LogP contribution < -0.4 is 10.2 Å². The summed E-state index contributed by atoms with van der Waals surface area (Å²) in [6, 6.07) is 20.2. The molecule has 1 aromatic heterocycles. The average molecular weight is 641 g/mol. The van der Waals surface area contributed by atoms with Gasteiger partial charge in [-0.05, 0) is 42.7 Å². The van der Waals surface area contributed by atoms with Crippen molar-refractivity contribution in [2.24, 2.45) is 5.92 Å². The zero-order valence-corrected chi connectivity index (χ0v) is 25.9.